The van der Waals surface area contributed by atoms with E-state index < -0.39 is 10.0 Å². The van der Waals surface area contributed by atoms with E-state index in [-0.39, 0.29) is 5.75 Å². The molecule has 0 atom stereocenters. The first-order chi connectivity index (χ1) is 14.8. The lowest BCUT2D eigenvalue weighted by atomic mass is 9.98. The van der Waals surface area contributed by atoms with Crippen LogP contribution < -0.4 is 0 Å². The molecule has 31 heavy (non-hydrogen) atoms. The molecule has 0 radical (unpaired) electrons. The van der Waals surface area contributed by atoms with Crippen LogP contribution in [0.1, 0.15) is 37.9 Å². The molecule has 0 aromatic carbocycles. The van der Waals surface area contributed by atoms with E-state index in [2.05, 4.69) is 31.2 Å². The van der Waals surface area contributed by atoms with E-state index in [4.69, 9.17) is 0 Å². The van der Waals surface area contributed by atoms with Gasteiger partial charge < -0.3 is 4.57 Å². The lowest BCUT2D eigenvalue weighted by Crippen LogP contribution is -2.39. The molecule has 4 nitrogen and oxygen atoms in total. The third-order valence-electron chi connectivity index (χ3n) is 5.56. The zero-order chi connectivity index (χ0) is 22.7. The summed E-state index contributed by atoms with van der Waals surface area (Å²) in [5.41, 5.74) is 3.43. The van der Waals surface area contributed by atoms with E-state index in [0.717, 1.165) is 24.1 Å². The number of aromatic nitrogens is 1. The number of piperidine rings is 1. The lowest BCUT2D eigenvalue weighted by molar-refractivity contribution is 0.307. The van der Waals surface area contributed by atoms with E-state index in [9.17, 15) is 8.42 Å². The topological polar surface area (TPSA) is 42.3 Å². The summed E-state index contributed by atoms with van der Waals surface area (Å²) in [6, 6.07) is 2.03. The third kappa shape index (κ3) is 8.35. The number of allylic oxidation sites excluding steroid dienone is 10. The zero-order valence-corrected chi connectivity index (χ0v) is 20.1. The van der Waals surface area contributed by atoms with Gasteiger partial charge in [0.15, 0.2) is 0 Å². The molecule has 1 saturated heterocycles. The van der Waals surface area contributed by atoms with Crippen LogP contribution in [0.15, 0.2) is 78.6 Å². The van der Waals surface area contributed by atoms with Crippen LogP contribution in [0.25, 0.3) is 6.08 Å². The van der Waals surface area contributed by atoms with E-state index in [1.807, 2.05) is 74.2 Å². The van der Waals surface area contributed by atoms with Gasteiger partial charge in [-0.25, -0.2) is 12.7 Å². The molecule has 0 saturated carbocycles. The fourth-order valence-electron chi connectivity index (χ4n) is 3.43. The van der Waals surface area contributed by atoms with Gasteiger partial charge in [-0.1, -0.05) is 66.3 Å². The number of hydrogen-bond donors (Lipinski definition) is 0. The summed E-state index contributed by atoms with van der Waals surface area (Å²) in [7, 11) is -1.29. The van der Waals surface area contributed by atoms with Crippen LogP contribution in [0.3, 0.4) is 0 Å². The molecule has 0 bridgehead atoms. The van der Waals surface area contributed by atoms with Crippen LogP contribution in [0, 0.1) is 12.8 Å². The van der Waals surface area contributed by atoms with Crippen molar-refractivity contribution in [3.63, 3.8) is 0 Å². The molecule has 1 aromatic heterocycles. The van der Waals surface area contributed by atoms with Crippen molar-refractivity contribution >= 4 is 16.1 Å². The Morgan fingerprint density at radius 1 is 1.10 bits per heavy atom. The van der Waals surface area contributed by atoms with Crippen molar-refractivity contribution in [2.24, 2.45) is 13.0 Å². The molecule has 0 aliphatic carbocycles. The highest BCUT2D eigenvalue weighted by Gasteiger charge is 2.25. The van der Waals surface area contributed by atoms with Gasteiger partial charge in [0.25, 0.3) is 0 Å². The van der Waals surface area contributed by atoms with Gasteiger partial charge in [0.05, 0.1) is 5.75 Å². The number of sulfonamides is 1. The fourth-order valence-corrected chi connectivity index (χ4v) is 4.75. The first-order valence-corrected chi connectivity index (χ1v) is 12.5. The molecule has 2 heterocycles. The van der Waals surface area contributed by atoms with Crippen molar-refractivity contribution in [1.82, 2.24) is 8.87 Å². The standard InChI is InChI=1S/C26H36N2O2S/c1-5-23(2)13-10-8-6-7-9-11-14-25-17-20-28(21-18-25)31(29,30)22-12-15-26-24(3)16-19-27(26)4/h5-16,19,25H,17-18,20-22H2,1-4H3/b8-6+,9-7+,13-10-,14-11+,15-12-,23-5+. The van der Waals surface area contributed by atoms with Crippen LogP contribution in [-0.4, -0.2) is 36.1 Å². The van der Waals surface area contributed by atoms with Gasteiger partial charge in [-0.15, -0.1) is 0 Å². The lowest BCUT2D eigenvalue weighted by Gasteiger charge is -2.29. The highest BCUT2D eigenvalue weighted by molar-refractivity contribution is 7.89. The number of nitrogens with zero attached hydrogens (tertiary/aromatic N) is 2. The van der Waals surface area contributed by atoms with Crippen LogP contribution in [0.5, 0.6) is 0 Å². The second kappa shape index (κ2) is 12.5. The molecule has 1 aromatic rings. The summed E-state index contributed by atoms with van der Waals surface area (Å²) in [6.45, 7) is 7.31. The molecule has 5 heteroatoms. The van der Waals surface area contributed by atoms with Gasteiger partial charge in [0.2, 0.25) is 10.0 Å². The van der Waals surface area contributed by atoms with Crippen molar-refractivity contribution < 1.29 is 8.42 Å². The summed E-state index contributed by atoms with van der Waals surface area (Å²) in [5, 5.41) is 0. The van der Waals surface area contributed by atoms with Gasteiger partial charge in [-0.05, 0) is 57.2 Å². The second-order valence-corrected chi connectivity index (χ2v) is 9.97. The van der Waals surface area contributed by atoms with Crippen LogP contribution >= 0.6 is 0 Å². The van der Waals surface area contributed by atoms with Crippen molar-refractivity contribution in [2.75, 3.05) is 18.8 Å². The predicted molar refractivity (Wildman–Crippen MR) is 133 cm³/mol. The Bertz CT molecular complexity index is 961. The molecule has 0 amide bonds. The van der Waals surface area contributed by atoms with Crippen molar-refractivity contribution in [3.8, 4) is 0 Å². The maximum absolute atomic E-state index is 12.7. The molecule has 1 aliphatic rings. The minimum Gasteiger partial charge on any atom is -0.351 e. The monoisotopic (exact) mass is 440 g/mol. The van der Waals surface area contributed by atoms with Crippen molar-refractivity contribution in [2.45, 2.75) is 33.6 Å². The molecule has 0 spiro atoms. The molecule has 0 unspecified atom stereocenters. The molecular weight excluding hydrogens is 404 g/mol. The fraction of sp³-hybridized carbons (Fsp3) is 0.385. The molecule has 2 rings (SSSR count). The number of aryl methyl sites for hydroxylation is 2. The SMILES string of the molecule is C/C=C(C)/C=C\C=C\C=C\C=C\C1CCN(S(=O)(=O)C/C=C\c2c(C)ccn2C)CC1. The predicted octanol–water partition coefficient (Wildman–Crippen LogP) is 5.58. The van der Waals surface area contributed by atoms with Gasteiger partial charge in [0.1, 0.15) is 0 Å². The summed E-state index contributed by atoms with van der Waals surface area (Å²) in [6.07, 6.45) is 25.8. The molecule has 1 aliphatic heterocycles. The average Bonchev–Trinajstić information content (AvgIpc) is 3.07. The Morgan fingerprint density at radius 2 is 1.74 bits per heavy atom. The Hall–Kier alpha value is -2.37. The van der Waals surface area contributed by atoms with Crippen molar-refractivity contribution in [1.29, 1.82) is 0 Å². The quantitative estimate of drug-likeness (QED) is 0.471. The smallest absolute Gasteiger partial charge is 0.217 e. The van der Waals surface area contributed by atoms with Crippen LogP contribution in [-0.2, 0) is 17.1 Å². The molecule has 168 valence electrons. The van der Waals surface area contributed by atoms with Crippen LogP contribution in [0.2, 0.25) is 0 Å². The van der Waals surface area contributed by atoms with Gasteiger partial charge in [-0.3, -0.25) is 0 Å². The highest BCUT2D eigenvalue weighted by Crippen LogP contribution is 2.21. The Labute approximate surface area is 188 Å². The van der Waals surface area contributed by atoms with E-state index >= 15 is 0 Å². The number of rotatable bonds is 9. The second-order valence-electron chi connectivity index (χ2n) is 7.96. The Kier molecular flexibility index (Phi) is 10.0. The largest absolute Gasteiger partial charge is 0.351 e. The third-order valence-corrected chi connectivity index (χ3v) is 7.33. The first-order valence-electron chi connectivity index (χ1n) is 10.9. The van der Waals surface area contributed by atoms with E-state index in [1.54, 1.807) is 10.4 Å². The van der Waals surface area contributed by atoms with Gasteiger partial charge in [-0.2, -0.15) is 0 Å². The average molecular weight is 441 g/mol. The summed E-state index contributed by atoms with van der Waals surface area (Å²) in [4.78, 5) is 0. The molecule has 0 N–H and O–H groups in total. The highest BCUT2D eigenvalue weighted by atomic mass is 32.2. The minimum absolute atomic E-state index is 0.0508. The maximum atomic E-state index is 12.7. The van der Waals surface area contributed by atoms with Crippen molar-refractivity contribution in [3.05, 3.63) is 89.9 Å². The Morgan fingerprint density at radius 3 is 2.35 bits per heavy atom. The van der Waals surface area contributed by atoms with Crippen LogP contribution in [0.4, 0.5) is 0 Å². The zero-order valence-electron chi connectivity index (χ0n) is 19.2. The van der Waals surface area contributed by atoms with E-state index in [1.165, 1.54) is 5.57 Å². The van der Waals surface area contributed by atoms with Gasteiger partial charge >= 0.3 is 0 Å². The summed E-state index contributed by atoms with van der Waals surface area (Å²) < 4.78 is 29.0. The number of hydrogen-bond acceptors (Lipinski definition) is 2. The van der Waals surface area contributed by atoms with E-state index in [0.29, 0.717) is 19.0 Å². The first kappa shape index (κ1) is 24.9. The summed E-state index contributed by atoms with van der Waals surface area (Å²) >= 11 is 0. The Balaban J connectivity index is 1.77. The van der Waals surface area contributed by atoms with Gasteiger partial charge in [0, 0.05) is 32.0 Å². The maximum Gasteiger partial charge on any atom is 0.217 e. The molecule has 1 fully saturated rings. The normalized spacial score (nSPS) is 18.1. The molecular formula is C26H36N2O2S. The summed E-state index contributed by atoms with van der Waals surface area (Å²) in [5.74, 6) is 0.480. The minimum atomic E-state index is -3.25.